The molecule has 3 N–H and O–H groups in total. The molecule has 0 heterocycles. The Morgan fingerprint density at radius 1 is 0.719 bits per heavy atom. The maximum Gasteiger partial charge on any atom is 0.326 e. The van der Waals surface area contributed by atoms with Gasteiger partial charge in [0.05, 0.1) is 10.6 Å². The van der Waals surface area contributed by atoms with Crippen LogP contribution < -0.4 is 10.6 Å². The molecule has 3 aromatic rings. The van der Waals surface area contributed by atoms with Crippen molar-refractivity contribution in [1.82, 2.24) is 10.6 Å². The highest BCUT2D eigenvalue weighted by Gasteiger charge is 2.27. The average molecular weight is 451 g/mol. The molecule has 0 aliphatic rings. The van der Waals surface area contributed by atoms with Crippen molar-refractivity contribution in [2.24, 2.45) is 0 Å². The topological polar surface area (TPSA) is 95.5 Å². The van der Waals surface area contributed by atoms with Gasteiger partial charge < -0.3 is 15.7 Å². The first-order valence-electron chi connectivity index (χ1n) is 10.1. The molecule has 7 heteroatoms. The quantitative estimate of drug-likeness (QED) is 0.465. The second-order valence-electron chi connectivity index (χ2n) is 7.28. The van der Waals surface area contributed by atoms with E-state index in [2.05, 4.69) is 10.6 Å². The number of nitrogens with one attached hydrogen (secondary N) is 2. The maximum absolute atomic E-state index is 13.1. The van der Waals surface area contributed by atoms with E-state index in [4.69, 9.17) is 11.6 Å². The van der Waals surface area contributed by atoms with Gasteiger partial charge in [-0.1, -0.05) is 84.4 Å². The Kier molecular flexibility index (Phi) is 8.00. The highest BCUT2D eigenvalue weighted by Crippen LogP contribution is 2.15. The fraction of sp³-hybridized carbons (Fsp3) is 0.160. The van der Waals surface area contributed by atoms with E-state index in [9.17, 15) is 19.5 Å². The molecule has 0 aliphatic carbocycles. The molecule has 32 heavy (non-hydrogen) atoms. The fourth-order valence-electron chi connectivity index (χ4n) is 3.26. The molecule has 6 nitrogen and oxygen atoms in total. The van der Waals surface area contributed by atoms with Gasteiger partial charge >= 0.3 is 5.97 Å². The average Bonchev–Trinajstić information content (AvgIpc) is 2.79. The van der Waals surface area contributed by atoms with Crippen molar-refractivity contribution in [3.63, 3.8) is 0 Å². The summed E-state index contributed by atoms with van der Waals surface area (Å²) in [6, 6.07) is 22.6. The van der Waals surface area contributed by atoms with Crippen molar-refractivity contribution < 1.29 is 19.5 Å². The van der Waals surface area contributed by atoms with Crippen molar-refractivity contribution in [1.29, 1.82) is 0 Å². The Bertz CT molecular complexity index is 1070. The summed E-state index contributed by atoms with van der Waals surface area (Å²) in [7, 11) is 0. The number of amides is 2. The van der Waals surface area contributed by atoms with Gasteiger partial charge in [0.1, 0.15) is 12.1 Å². The molecular formula is C25H23ClN2O4. The Morgan fingerprint density at radius 3 is 1.75 bits per heavy atom. The second-order valence-corrected chi connectivity index (χ2v) is 7.69. The SMILES string of the molecule is O=C(N[C@@H](Cc1ccccc1)C(=O)N[C@@H](Cc1ccccc1)C(=O)O)c1ccccc1Cl. The van der Waals surface area contributed by atoms with Gasteiger partial charge in [-0.15, -0.1) is 0 Å². The molecule has 3 aromatic carbocycles. The monoisotopic (exact) mass is 450 g/mol. The van der Waals surface area contributed by atoms with Gasteiger partial charge in [-0.2, -0.15) is 0 Å². The summed E-state index contributed by atoms with van der Waals surface area (Å²) in [4.78, 5) is 37.7. The van der Waals surface area contributed by atoms with Crippen LogP contribution in [0.1, 0.15) is 21.5 Å². The molecular weight excluding hydrogens is 428 g/mol. The van der Waals surface area contributed by atoms with E-state index in [0.29, 0.717) is 0 Å². The van der Waals surface area contributed by atoms with Crippen LogP contribution in [0.4, 0.5) is 0 Å². The van der Waals surface area contributed by atoms with E-state index in [1.807, 2.05) is 36.4 Å². The Labute approximate surface area is 191 Å². The Morgan fingerprint density at radius 2 is 1.22 bits per heavy atom. The van der Waals surface area contributed by atoms with E-state index in [0.717, 1.165) is 11.1 Å². The van der Waals surface area contributed by atoms with E-state index in [1.165, 1.54) is 0 Å². The van der Waals surface area contributed by atoms with Crippen LogP contribution in [0.25, 0.3) is 0 Å². The largest absolute Gasteiger partial charge is 0.480 e. The van der Waals surface area contributed by atoms with Crippen molar-refractivity contribution in [2.75, 3.05) is 0 Å². The minimum atomic E-state index is -1.15. The van der Waals surface area contributed by atoms with E-state index in [1.54, 1.807) is 48.5 Å². The molecule has 2 atom stereocenters. The normalized spacial score (nSPS) is 12.4. The summed E-state index contributed by atoms with van der Waals surface area (Å²) in [6.07, 6.45) is 0.318. The molecule has 0 spiro atoms. The molecule has 0 aromatic heterocycles. The lowest BCUT2D eigenvalue weighted by atomic mass is 10.0. The van der Waals surface area contributed by atoms with E-state index < -0.39 is 29.9 Å². The number of benzene rings is 3. The number of hydrogen-bond acceptors (Lipinski definition) is 3. The number of halogens is 1. The zero-order valence-corrected chi connectivity index (χ0v) is 18.0. The standard InChI is InChI=1S/C25H23ClN2O4/c26-20-14-8-7-13-19(20)23(29)27-21(15-17-9-3-1-4-10-17)24(30)28-22(25(31)32)16-18-11-5-2-6-12-18/h1-14,21-22H,15-16H2,(H,27,29)(H,28,30)(H,31,32)/t21-,22-/m0/s1. The van der Waals surface area contributed by atoms with Crippen molar-refractivity contribution >= 4 is 29.4 Å². The molecule has 0 radical (unpaired) electrons. The van der Waals surface area contributed by atoms with E-state index in [-0.39, 0.29) is 23.4 Å². The summed E-state index contributed by atoms with van der Waals surface area (Å²) in [6.45, 7) is 0. The molecule has 0 aliphatic heterocycles. The summed E-state index contributed by atoms with van der Waals surface area (Å²) in [5.74, 6) is -2.25. The fourth-order valence-corrected chi connectivity index (χ4v) is 3.48. The minimum Gasteiger partial charge on any atom is -0.480 e. The molecule has 0 saturated carbocycles. The van der Waals surface area contributed by atoms with Crippen LogP contribution in [-0.4, -0.2) is 35.0 Å². The van der Waals surface area contributed by atoms with Crippen LogP contribution in [0.5, 0.6) is 0 Å². The molecule has 164 valence electrons. The first-order chi connectivity index (χ1) is 15.4. The molecule has 0 fully saturated rings. The third-order valence-corrected chi connectivity index (χ3v) is 5.25. The number of aliphatic carboxylic acids is 1. The van der Waals surface area contributed by atoms with Gasteiger partial charge in [-0.25, -0.2) is 4.79 Å². The van der Waals surface area contributed by atoms with Gasteiger partial charge in [-0.3, -0.25) is 9.59 Å². The predicted octanol–water partition coefficient (Wildman–Crippen LogP) is 3.49. The number of rotatable bonds is 9. The first-order valence-corrected chi connectivity index (χ1v) is 10.5. The van der Waals surface area contributed by atoms with Crippen molar-refractivity contribution in [2.45, 2.75) is 24.9 Å². The Hall–Kier alpha value is -3.64. The van der Waals surface area contributed by atoms with Gasteiger partial charge in [0.15, 0.2) is 0 Å². The van der Waals surface area contributed by atoms with Crippen LogP contribution >= 0.6 is 11.6 Å². The van der Waals surface area contributed by atoms with Crippen LogP contribution in [0.3, 0.4) is 0 Å². The third kappa shape index (κ3) is 6.43. The minimum absolute atomic E-state index is 0.123. The lowest BCUT2D eigenvalue weighted by Gasteiger charge is -2.22. The molecule has 0 bridgehead atoms. The highest BCUT2D eigenvalue weighted by molar-refractivity contribution is 6.33. The molecule has 3 rings (SSSR count). The summed E-state index contributed by atoms with van der Waals surface area (Å²) in [5, 5.41) is 15.2. The second kappa shape index (κ2) is 11.1. The Balaban J connectivity index is 1.79. The molecule has 0 saturated heterocycles. The lowest BCUT2D eigenvalue weighted by molar-refractivity contribution is -0.142. The summed E-state index contributed by atoms with van der Waals surface area (Å²) >= 11 is 6.12. The van der Waals surface area contributed by atoms with Crippen LogP contribution in [0.15, 0.2) is 84.9 Å². The number of hydrogen-bond donors (Lipinski definition) is 3. The van der Waals surface area contributed by atoms with Crippen LogP contribution in [0.2, 0.25) is 5.02 Å². The number of carbonyl (C=O) groups is 3. The zero-order valence-electron chi connectivity index (χ0n) is 17.2. The summed E-state index contributed by atoms with van der Waals surface area (Å²) < 4.78 is 0. The molecule has 0 unspecified atom stereocenters. The lowest BCUT2D eigenvalue weighted by Crippen LogP contribution is -2.53. The third-order valence-electron chi connectivity index (χ3n) is 4.92. The number of carboxylic acids is 1. The zero-order chi connectivity index (χ0) is 22.9. The van der Waals surface area contributed by atoms with Crippen LogP contribution in [-0.2, 0) is 22.4 Å². The van der Waals surface area contributed by atoms with Crippen molar-refractivity contribution in [3.05, 3.63) is 107 Å². The summed E-state index contributed by atoms with van der Waals surface area (Å²) in [5.41, 5.74) is 1.83. The number of carboxylic acid groups (broad SMARTS) is 1. The van der Waals surface area contributed by atoms with Gasteiger partial charge in [0.25, 0.3) is 5.91 Å². The van der Waals surface area contributed by atoms with E-state index >= 15 is 0 Å². The number of carbonyl (C=O) groups excluding carboxylic acids is 2. The van der Waals surface area contributed by atoms with Crippen LogP contribution in [0, 0.1) is 0 Å². The van der Waals surface area contributed by atoms with Gasteiger partial charge in [0.2, 0.25) is 5.91 Å². The van der Waals surface area contributed by atoms with Crippen molar-refractivity contribution in [3.8, 4) is 0 Å². The van der Waals surface area contributed by atoms with Gasteiger partial charge in [-0.05, 0) is 23.3 Å². The predicted molar refractivity (Wildman–Crippen MR) is 123 cm³/mol. The molecule has 2 amide bonds. The smallest absolute Gasteiger partial charge is 0.326 e. The van der Waals surface area contributed by atoms with Gasteiger partial charge in [0, 0.05) is 12.8 Å². The maximum atomic E-state index is 13.1. The first kappa shape index (κ1) is 23.0. The highest BCUT2D eigenvalue weighted by atomic mass is 35.5.